The summed E-state index contributed by atoms with van der Waals surface area (Å²) in [6, 6.07) is 24.5. The minimum absolute atomic E-state index is 0.00901. The van der Waals surface area contributed by atoms with E-state index in [-0.39, 0.29) is 24.9 Å². The SMILES string of the molecule is COc1ccc([C@@H]2C(C(=O)OCCOc3ccccc3)=C(C)NC3=C2C(=O)C[C@@H](c2ccc(Cl)cc2)C3)cc1. The van der Waals surface area contributed by atoms with Crippen molar-refractivity contribution in [1.82, 2.24) is 5.32 Å². The standard InChI is InChI=1S/C32H30ClNO5/c1-20-29(32(36)39-17-16-38-26-6-4-3-5-7-26)30(22-10-14-25(37-2)15-11-22)31-27(34-20)18-23(19-28(31)35)21-8-12-24(33)13-9-21/h3-15,23,30,34H,16-19H2,1-2H3/t23-,30+/m0/s1. The molecule has 0 spiro atoms. The molecule has 0 bridgehead atoms. The maximum Gasteiger partial charge on any atom is 0.336 e. The number of carbonyl (C=O) groups excluding carboxylic acids is 2. The lowest BCUT2D eigenvalue weighted by atomic mass is 9.72. The van der Waals surface area contributed by atoms with Gasteiger partial charge < -0.3 is 19.5 Å². The molecule has 0 unspecified atom stereocenters. The van der Waals surface area contributed by atoms with E-state index in [1.807, 2.05) is 85.8 Å². The van der Waals surface area contributed by atoms with Gasteiger partial charge in [0.05, 0.1) is 12.7 Å². The third kappa shape index (κ3) is 5.86. The van der Waals surface area contributed by atoms with Gasteiger partial charge in [-0.2, -0.15) is 0 Å². The number of Topliss-reactive ketones (excluding diaryl/α,β-unsaturated/α-hetero) is 1. The van der Waals surface area contributed by atoms with Crippen LogP contribution in [0.25, 0.3) is 0 Å². The van der Waals surface area contributed by atoms with Crippen LogP contribution in [0.3, 0.4) is 0 Å². The van der Waals surface area contributed by atoms with E-state index >= 15 is 0 Å². The summed E-state index contributed by atoms with van der Waals surface area (Å²) < 4.78 is 16.7. The lowest BCUT2D eigenvalue weighted by molar-refractivity contribution is -0.140. The molecule has 2 aliphatic rings. The molecule has 3 aromatic carbocycles. The van der Waals surface area contributed by atoms with E-state index in [4.69, 9.17) is 25.8 Å². The Bertz CT molecular complexity index is 1410. The quantitative estimate of drug-likeness (QED) is 0.264. The van der Waals surface area contributed by atoms with Crippen molar-refractivity contribution < 1.29 is 23.8 Å². The number of methoxy groups -OCH3 is 1. The third-order valence-electron chi connectivity index (χ3n) is 7.17. The number of para-hydroxylation sites is 1. The van der Waals surface area contributed by atoms with Crippen molar-refractivity contribution in [2.24, 2.45) is 0 Å². The van der Waals surface area contributed by atoms with E-state index in [0.29, 0.717) is 46.2 Å². The fraction of sp³-hybridized carbons (Fsp3) is 0.250. The summed E-state index contributed by atoms with van der Waals surface area (Å²) in [5, 5.41) is 4.04. The molecule has 39 heavy (non-hydrogen) atoms. The van der Waals surface area contributed by atoms with Gasteiger partial charge >= 0.3 is 5.97 Å². The van der Waals surface area contributed by atoms with Crippen LogP contribution in [0.4, 0.5) is 0 Å². The number of ether oxygens (including phenoxy) is 3. The molecule has 1 aliphatic carbocycles. The Balaban J connectivity index is 1.42. The molecule has 3 aromatic rings. The minimum atomic E-state index is -0.548. The zero-order chi connectivity index (χ0) is 27.4. The van der Waals surface area contributed by atoms with Crippen molar-refractivity contribution in [3.05, 3.63) is 118 Å². The van der Waals surface area contributed by atoms with Gasteiger partial charge in [-0.15, -0.1) is 0 Å². The van der Waals surface area contributed by atoms with Crippen LogP contribution in [0, 0.1) is 0 Å². The van der Waals surface area contributed by atoms with Crippen molar-refractivity contribution >= 4 is 23.4 Å². The zero-order valence-corrected chi connectivity index (χ0v) is 22.7. The Morgan fingerprint density at radius 1 is 0.897 bits per heavy atom. The monoisotopic (exact) mass is 543 g/mol. The summed E-state index contributed by atoms with van der Waals surface area (Å²) in [7, 11) is 1.60. The smallest absolute Gasteiger partial charge is 0.336 e. The van der Waals surface area contributed by atoms with Crippen molar-refractivity contribution in [2.45, 2.75) is 31.6 Å². The van der Waals surface area contributed by atoms with Crippen LogP contribution < -0.4 is 14.8 Å². The third-order valence-corrected chi connectivity index (χ3v) is 7.42. The van der Waals surface area contributed by atoms with Crippen LogP contribution in [0.1, 0.15) is 42.7 Å². The van der Waals surface area contributed by atoms with Gasteiger partial charge in [0.1, 0.15) is 24.7 Å². The number of hydrogen-bond acceptors (Lipinski definition) is 6. The van der Waals surface area contributed by atoms with Gasteiger partial charge in [0, 0.05) is 34.3 Å². The maximum absolute atomic E-state index is 13.7. The average molecular weight is 544 g/mol. The predicted octanol–water partition coefficient (Wildman–Crippen LogP) is 6.33. The second-order valence-electron chi connectivity index (χ2n) is 9.64. The van der Waals surface area contributed by atoms with Crippen LogP contribution in [0.15, 0.2) is 101 Å². The zero-order valence-electron chi connectivity index (χ0n) is 21.9. The van der Waals surface area contributed by atoms with Crippen LogP contribution >= 0.6 is 11.6 Å². The normalized spacial score (nSPS) is 18.8. The number of allylic oxidation sites excluding steroid dienone is 3. The Morgan fingerprint density at radius 2 is 1.59 bits per heavy atom. The first-order valence-electron chi connectivity index (χ1n) is 12.9. The van der Waals surface area contributed by atoms with Crippen LogP contribution in [-0.4, -0.2) is 32.1 Å². The minimum Gasteiger partial charge on any atom is -0.497 e. The molecule has 0 saturated heterocycles. The number of hydrogen-bond donors (Lipinski definition) is 1. The van der Waals surface area contributed by atoms with E-state index in [2.05, 4.69) is 5.32 Å². The Hall–Kier alpha value is -4.03. The van der Waals surface area contributed by atoms with E-state index in [9.17, 15) is 9.59 Å². The summed E-state index contributed by atoms with van der Waals surface area (Å²) in [5.74, 6) is 0.411. The number of halogens is 1. The molecule has 0 saturated carbocycles. The van der Waals surface area contributed by atoms with Gasteiger partial charge in [-0.25, -0.2) is 4.79 Å². The molecular formula is C32H30ClNO5. The van der Waals surface area contributed by atoms with Gasteiger partial charge in [0.15, 0.2) is 5.78 Å². The molecule has 1 aliphatic heterocycles. The first kappa shape index (κ1) is 26.6. The Labute approximate surface area is 233 Å². The molecule has 5 rings (SSSR count). The molecule has 0 aromatic heterocycles. The van der Waals surface area contributed by atoms with Crippen LogP contribution in [0.5, 0.6) is 11.5 Å². The fourth-order valence-corrected chi connectivity index (χ4v) is 5.42. The van der Waals surface area contributed by atoms with Gasteiger partial charge in [-0.3, -0.25) is 4.79 Å². The highest BCUT2D eigenvalue weighted by Gasteiger charge is 2.41. The first-order valence-corrected chi connectivity index (χ1v) is 13.3. The topological polar surface area (TPSA) is 73.9 Å². The summed E-state index contributed by atoms with van der Waals surface area (Å²) in [6.07, 6.45) is 1.00. The number of esters is 1. The summed E-state index contributed by atoms with van der Waals surface area (Å²) in [4.78, 5) is 27.2. The first-order chi connectivity index (χ1) is 18.9. The highest BCUT2D eigenvalue weighted by atomic mass is 35.5. The molecule has 0 radical (unpaired) electrons. The number of ketones is 1. The fourth-order valence-electron chi connectivity index (χ4n) is 5.30. The number of rotatable bonds is 8. The van der Waals surface area contributed by atoms with Gasteiger partial charge in [0.25, 0.3) is 0 Å². The van der Waals surface area contributed by atoms with Crippen LogP contribution in [0.2, 0.25) is 5.02 Å². The average Bonchev–Trinajstić information content (AvgIpc) is 2.95. The molecule has 200 valence electrons. The lowest BCUT2D eigenvalue weighted by Gasteiger charge is -2.36. The molecule has 1 heterocycles. The van der Waals surface area contributed by atoms with Crippen molar-refractivity contribution in [1.29, 1.82) is 0 Å². The Morgan fingerprint density at radius 3 is 2.28 bits per heavy atom. The van der Waals surface area contributed by atoms with E-state index < -0.39 is 11.9 Å². The molecular weight excluding hydrogens is 514 g/mol. The highest BCUT2D eigenvalue weighted by molar-refractivity contribution is 6.30. The van der Waals surface area contributed by atoms with Crippen molar-refractivity contribution in [2.75, 3.05) is 20.3 Å². The molecule has 0 fully saturated rings. The highest BCUT2D eigenvalue weighted by Crippen LogP contribution is 2.46. The van der Waals surface area contributed by atoms with E-state index in [1.165, 1.54) is 0 Å². The molecule has 6 nitrogen and oxygen atoms in total. The van der Waals surface area contributed by atoms with Gasteiger partial charge in [0.2, 0.25) is 0 Å². The summed E-state index contributed by atoms with van der Waals surface area (Å²) in [6.45, 7) is 2.16. The summed E-state index contributed by atoms with van der Waals surface area (Å²) in [5.41, 5.74) is 4.45. The molecule has 0 amide bonds. The van der Waals surface area contributed by atoms with E-state index in [1.54, 1.807) is 7.11 Å². The second-order valence-corrected chi connectivity index (χ2v) is 10.1. The van der Waals surface area contributed by atoms with E-state index in [0.717, 1.165) is 16.8 Å². The number of benzene rings is 3. The molecule has 7 heteroatoms. The lowest BCUT2D eigenvalue weighted by Crippen LogP contribution is -2.36. The largest absolute Gasteiger partial charge is 0.497 e. The second kappa shape index (κ2) is 11.8. The predicted molar refractivity (Wildman–Crippen MR) is 150 cm³/mol. The van der Waals surface area contributed by atoms with Gasteiger partial charge in [-0.1, -0.05) is 54.1 Å². The van der Waals surface area contributed by atoms with Crippen LogP contribution in [-0.2, 0) is 14.3 Å². The van der Waals surface area contributed by atoms with Crippen molar-refractivity contribution in [3.63, 3.8) is 0 Å². The maximum atomic E-state index is 13.7. The van der Waals surface area contributed by atoms with Gasteiger partial charge in [-0.05, 0) is 66.8 Å². The molecule has 1 N–H and O–H groups in total. The number of dihydropyridines is 1. The molecule has 2 atom stereocenters. The summed E-state index contributed by atoms with van der Waals surface area (Å²) >= 11 is 6.08. The number of carbonyl (C=O) groups is 2. The number of nitrogens with one attached hydrogen (secondary N) is 1. The Kier molecular flexibility index (Phi) is 8.03. The van der Waals surface area contributed by atoms with Crippen molar-refractivity contribution in [3.8, 4) is 11.5 Å².